The first-order chi connectivity index (χ1) is 7.84. The topological polar surface area (TPSA) is 12.0 Å². The minimum atomic E-state index is 0.599. The maximum Gasteiger partial charge on any atom is 0.00791 e. The highest BCUT2D eigenvalue weighted by molar-refractivity contribution is 5.15. The predicted octanol–water partition coefficient (Wildman–Crippen LogP) is 3.40. The monoisotopic (exact) mass is 217 g/mol. The van der Waals surface area contributed by atoms with Gasteiger partial charge >= 0.3 is 0 Å². The van der Waals surface area contributed by atoms with Crippen LogP contribution < -0.4 is 5.32 Å². The van der Waals surface area contributed by atoms with E-state index in [0.717, 1.165) is 12.3 Å². The summed E-state index contributed by atoms with van der Waals surface area (Å²) in [7, 11) is 0. The molecular formula is C15H23N. The van der Waals surface area contributed by atoms with Crippen molar-refractivity contribution >= 4 is 0 Å². The molecule has 1 atom stereocenters. The van der Waals surface area contributed by atoms with Crippen molar-refractivity contribution in [1.29, 1.82) is 0 Å². The lowest BCUT2D eigenvalue weighted by molar-refractivity contribution is 0.515. The van der Waals surface area contributed by atoms with E-state index in [4.69, 9.17) is 0 Å². The van der Waals surface area contributed by atoms with Crippen molar-refractivity contribution < 1.29 is 0 Å². The van der Waals surface area contributed by atoms with Crippen molar-refractivity contribution in [3.8, 4) is 0 Å². The lowest BCUT2D eigenvalue weighted by atomic mass is 10.1. The summed E-state index contributed by atoms with van der Waals surface area (Å²) in [4.78, 5) is 0. The van der Waals surface area contributed by atoms with Crippen molar-refractivity contribution in [1.82, 2.24) is 5.32 Å². The second kappa shape index (κ2) is 6.05. The van der Waals surface area contributed by atoms with Gasteiger partial charge in [-0.2, -0.15) is 0 Å². The van der Waals surface area contributed by atoms with Crippen LogP contribution in [0.3, 0.4) is 0 Å². The van der Waals surface area contributed by atoms with Crippen LogP contribution in [0.2, 0.25) is 0 Å². The first-order valence-corrected chi connectivity index (χ1v) is 6.62. The second-order valence-corrected chi connectivity index (χ2v) is 5.13. The van der Waals surface area contributed by atoms with Crippen LogP contribution in [0.4, 0.5) is 0 Å². The molecule has 0 heterocycles. The third-order valence-electron chi connectivity index (χ3n) is 3.36. The van der Waals surface area contributed by atoms with Crippen LogP contribution in [0.5, 0.6) is 0 Å². The zero-order valence-corrected chi connectivity index (χ0v) is 10.3. The van der Waals surface area contributed by atoms with Gasteiger partial charge < -0.3 is 5.32 Å². The zero-order valence-electron chi connectivity index (χ0n) is 10.3. The molecule has 1 aromatic rings. The summed E-state index contributed by atoms with van der Waals surface area (Å²) in [5.74, 6) is 1.08. The Bertz CT molecular complexity index is 290. The van der Waals surface area contributed by atoms with Gasteiger partial charge in [-0.3, -0.25) is 0 Å². The third-order valence-corrected chi connectivity index (χ3v) is 3.36. The van der Waals surface area contributed by atoms with Gasteiger partial charge in [0.25, 0.3) is 0 Å². The molecule has 0 saturated heterocycles. The summed E-state index contributed by atoms with van der Waals surface area (Å²) < 4.78 is 0. The summed E-state index contributed by atoms with van der Waals surface area (Å²) in [6, 6.07) is 11.3. The Balaban J connectivity index is 1.58. The summed E-state index contributed by atoms with van der Waals surface area (Å²) in [6.07, 6.45) is 6.90. The molecule has 1 saturated carbocycles. The minimum absolute atomic E-state index is 0.599. The van der Waals surface area contributed by atoms with Crippen molar-refractivity contribution in [3.63, 3.8) is 0 Å². The molecule has 1 unspecified atom stereocenters. The van der Waals surface area contributed by atoms with Gasteiger partial charge in [0.1, 0.15) is 0 Å². The first kappa shape index (κ1) is 11.7. The smallest absolute Gasteiger partial charge is 0.00791 e. The van der Waals surface area contributed by atoms with Gasteiger partial charge in [0.2, 0.25) is 0 Å². The van der Waals surface area contributed by atoms with Crippen LogP contribution in [0.1, 0.15) is 38.2 Å². The Morgan fingerprint density at radius 3 is 2.69 bits per heavy atom. The van der Waals surface area contributed by atoms with Gasteiger partial charge in [0, 0.05) is 6.04 Å². The van der Waals surface area contributed by atoms with Gasteiger partial charge in [-0.05, 0) is 44.2 Å². The molecule has 1 N–H and O–H groups in total. The second-order valence-electron chi connectivity index (χ2n) is 5.13. The summed E-state index contributed by atoms with van der Waals surface area (Å²) >= 11 is 0. The lowest BCUT2D eigenvalue weighted by Gasteiger charge is -2.13. The fourth-order valence-corrected chi connectivity index (χ4v) is 2.19. The first-order valence-electron chi connectivity index (χ1n) is 6.62. The van der Waals surface area contributed by atoms with Crippen LogP contribution in [-0.4, -0.2) is 12.6 Å². The Morgan fingerprint density at radius 1 is 1.25 bits per heavy atom. The van der Waals surface area contributed by atoms with Gasteiger partial charge in [-0.25, -0.2) is 0 Å². The van der Waals surface area contributed by atoms with Crippen LogP contribution in [-0.2, 0) is 6.42 Å². The van der Waals surface area contributed by atoms with E-state index in [1.165, 1.54) is 37.8 Å². The maximum atomic E-state index is 3.61. The van der Waals surface area contributed by atoms with Crippen molar-refractivity contribution in [3.05, 3.63) is 35.9 Å². The average Bonchev–Trinajstić information content (AvgIpc) is 3.10. The number of benzene rings is 1. The molecule has 2 rings (SSSR count). The molecule has 0 radical (unpaired) electrons. The largest absolute Gasteiger partial charge is 0.314 e. The van der Waals surface area contributed by atoms with Crippen LogP contribution in [0.25, 0.3) is 0 Å². The van der Waals surface area contributed by atoms with Gasteiger partial charge in [0.05, 0.1) is 0 Å². The summed E-state index contributed by atoms with van der Waals surface area (Å²) in [5.41, 5.74) is 1.43. The SMILES string of the molecule is CC(Cc1ccccc1)NCCCC1CC1. The van der Waals surface area contributed by atoms with E-state index in [0.29, 0.717) is 6.04 Å². The quantitative estimate of drug-likeness (QED) is 0.690. The molecule has 0 spiro atoms. The van der Waals surface area contributed by atoms with Gasteiger partial charge in [-0.1, -0.05) is 43.2 Å². The van der Waals surface area contributed by atoms with Crippen LogP contribution >= 0.6 is 0 Å². The molecule has 16 heavy (non-hydrogen) atoms. The third kappa shape index (κ3) is 4.36. The van der Waals surface area contributed by atoms with E-state index in [-0.39, 0.29) is 0 Å². The molecule has 1 nitrogen and oxygen atoms in total. The number of rotatable bonds is 7. The summed E-state index contributed by atoms with van der Waals surface area (Å²) in [6.45, 7) is 3.47. The number of hydrogen-bond acceptors (Lipinski definition) is 1. The number of hydrogen-bond donors (Lipinski definition) is 1. The minimum Gasteiger partial charge on any atom is -0.314 e. The van der Waals surface area contributed by atoms with Crippen LogP contribution in [0, 0.1) is 5.92 Å². The fourth-order valence-electron chi connectivity index (χ4n) is 2.19. The molecule has 1 fully saturated rings. The standard InChI is InChI=1S/C15H23N/c1-13(12-15-6-3-2-4-7-15)16-11-5-8-14-9-10-14/h2-4,6-7,13-14,16H,5,8-12H2,1H3. The van der Waals surface area contributed by atoms with E-state index in [2.05, 4.69) is 42.6 Å². The normalized spacial score (nSPS) is 17.3. The Morgan fingerprint density at radius 2 is 2.00 bits per heavy atom. The Labute approximate surface area is 99.3 Å². The van der Waals surface area contributed by atoms with Gasteiger partial charge in [0.15, 0.2) is 0 Å². The Kier molecular flexibility index (Phi) is 4.41. The van der Waals surface area contributed by atoms with Crippen molar-refractivity contribution in [2.45, 2.75) is 45.1 Å². The molecule has 1 aliphatic rings. The maximum absolute atomic E-state index is 3.61. The van der Waals surface area contributed by atoms with E-state index >= 15 is 0 Å². The van der Waals surface area contributed by atoms with E-state index in [1.54, 1.807) is 0 Å². The lowest BCUT2D eigenvalue weighted by Crippen LogP contribution is -2.29. The highest BCUT2D eigenvalue weighted by atomic mass is 14.9. The fraction of sp³-hybridized carbons (Fsp3) is 0.600. The zero-order chi connectivity index (χ0) is 11.2. The van der Waals surface area contributed by atoms with Crippen molar-refractivity contribution in [2.24, 2.45) is 5.92 Å². The molecule has 1 aromatic carbocycles. The molecular weight excluding hydrogens is 194 g/mol. The molecule has 1 heteroatoms. The van der Waals surface area contributed by atoms with Gasteiger partial charge in [-0.15, -0.1) is 0 Å². The van der Waals surface area contributed by atoms with E-state index < -0.39 is 0 Å². The predicted molar refractivity (Wildman–Crippen MR) is 69.6 cm³/mol. The number of nitrogens with one attached hydrogen (secondary N) is 1. The molecule has 0 aliphatic heterocycles. The Hall–Kier alpha value is -0.820. The highest BCUT2D eigenvalue weighted by Gasteiger charge is 2.19. The van der Waals surface area contributed by atoms with E-state index in [1.807, 2.05) is 0 Å². The molecule has 0 aromatic heterocycles. The van der Waals surface area contributed by atoms with Crippen molar-refractivity contribution in [2.75, 3.05) is 6.54 Å². The van der Waals surface area contributed by atoms with E-state index in [9.17, 15) is 0 Å². The highest BCUT2D eigenvalue weighted by Crippen LogP contribution is 2.33. The molecule has 0 amide bonds. The molecule has 88 valence electrons. The average molecular weight is 217 g/mol. The molecule has 1 aliphatic carbocycles. The summed E-state index contributed by atoms with van der Waals surface area (Å²) in [5, 5.41) is 3.61. The van der Waals surface area contributed by atoms with Crippen LogP contribution in [0.15, 0.2) is 30.3 Å². The molecule has 0 bridgehead atoms.